The first kappa shape index (κ1) is 17.2. The SMILES string of the molecule is CC(C)(C)OC(=O)N1CC2CCC(CO)(C1)N2Cc1ccccc1. The first-order valence-electron chi connectivity index (χ1n) is 8.72. The number of nitrogens with zero attached hydrogens (tertiary/aromatic N) is 2. The summed E-state index contributed by atoms with van der Waals surface area (Å²) in [5.74, 6) is 0. The second-order valence-corrected chi connectivity index (χ2v) is 8.05. The van der Waals surface area contributed by atoms with Gasteiger partial charge in [-0.15, -0.1) is 0 Å². The van der Waals surface area contributed by atoms with Crippen molar-refractivity contribution >= 4 is 6.09 Å². The van der Waals surface area contributed by atoms with Crippen molar-refractivity contribution in [2.45, 2.75) is 57.3 Å². The molecule has 5 heteroatoms. The molecule has 0 saturated carbocycles. The Morgan fingerprint density at radius 2 is 2.04 bits per heavy atom. The quantitative estimate of drug-likeness (QED) is 0.924. The second kappa shape index (κ2) is 6.37. The van der Waals surface area contributed by atoms with E-state index in [1.165, 1.54) is 5.56 Å². The molecule has 1 aromatic rings. The van der Waals surface area contributed by atoms with E-state index in [-0.39, 0.29) is 24.3 Å². The molecule has 5 nitrogen and oxygen atoms in total. The zero-order chi connectivity index (χ0) is 17.4. The minimum Gasteiger partial charge on any atom is -0.444 e. The maximum atomic E-state index is 12.5. The molecule has 0 aliphatic carbocycles. The van der Waals surface area contributed by atoms with Gasteiger partial charge >= 0.3 is 6.09 Å². The molecule has 2 aliphatic heterocycles. The highest BCUT2D eigenvalue weighted by molar-refractivity contribution is 5.68. The summed E-state index contributed by atoms with van der Waals surface area (Å²) in [5, 5.41) is 10.1. The van der Waals surface area contributed by atoms with E-state index in [0.717, 1.165) is 19.4 Å². The molecule has 132 valence electrons. The molecule has 2 unspecified atom stereocenters. The normalized spacial score (nSPS) is 27.3. The molecule has 1 amide bonds. The summed E-state index contributed by atoms with van der Waals surface area (Å²) >= 11 is 0. The minimum absolute atomic E-state index is 0.0651. The Hall–Kier alpha value is -1.59. The van der Waals surface area contributed by atoms with Gasteiger partial charge in [-0.25, -0.2) is 4.79 Å². The number of amides is 1. The summed E-state index contributed by atoms with van der Waals surface area (Å²) in [6.07, 6.45) is 1.65. The van der Waals surface area contributed by atoms with Crippen molar-refractivity contribution in [3.63, 3.8) is 0 Å². The third-order valence-electron chi connectivity index (χ3n) is 5.05. The molecule has 2 heterocycles. The average Bonchev–Trinajstić information content (AvgIpc) is 2.74. The Bertz CT molecular complexity index is 584. The number of ether oxygens (including phenoxy) is 1. The van der Waals surface area contributed by atoms with E-state index in [0.29, 0.717) is 13.1 Å². The number of fused-ring (bicyclic) bond motifs is 2. The van der Waals surface area contributed by atoms with Crippen LogP contribution in [0, 0.1) is 0 Å². The zero-order valence-corrected chi connectivity index (χ0v) is 14.9. The van der Waals surface area contributed by atoms with Crippen LogP contribution in [0.2, 0.25) is 0 Å². The van der Waals surface area contributed by atoms with Gasteiger partial charge < -0.3 is 14.7 Å². The first-order valence-corrected chi connectivity index (χ1v) is 8.72. The largest absolute Gasteiger partial charge is 0.444 e. The molecule has 1 aromatic carbocycles. The van der Waals surface area contributed by atoms with Gasteiger partial charge in [-0.3, -0.25) is 4.90 Å². The summed E-state index contributed by atoms with van der Waals surface area (Å²) in [6, 6.07) is 10.6. The summed E-state index contributed by atoms with van der Waals surface area (Å²) < 4.78 is 5.53. The Labute approximate surface area is 144 Å². The lowest BCUT2D eigenvalue weighted by molar-refractivity contribution is -0.0472. The fourth-order valence-electron chi connectivity index (χ4n) is 3.92. The maximum absolute atomic E-state index is 12.5. The van der Waals surface area contributed by atoms with E-state index in [9.17, 15) is 9.90 Å². The molecule has 0 aromatic heterocycles. The number of hydrogen-bond acceptors (Lipinski definition) is 4. The molecule has 3 rings (SSSR count). The van der Waals surface area contributed by atoms with E-state index in [4.69, 9.17) is 4.74 Å². The fourth-order valence-corrected chi connectivity index (χ4v) is 3.92. The van der Waals surface area contributed by atoms with Crippen LogP contribution in [0.3, 0.4) is 0 Å². The summed E-state index contributed by atoms with van der Waals surface area (Å²) in [6.45, 7) is 7.72. The third-order valence-corrected chi connectivity index (χ3v) is 5.05. The van der Waals surface area contributed by atoms with Crippen LogP contribution in [0.5, 0.6) is 0 Å². The van der Waals surface area contributed by atoms with Crippen molar-refractivity contribution in [3.05, 3.63) is 35.9 Å². The van der Waals surface area contributed by atoms with E-state index in [1.54, 1.807) is 4.90 Å². The first-order chi connectivity index (χ1) is 11.3. The number of carbonyl (C=O) groups excluding carboxylic acids is 1. The number of aliphatic hydroxyl groups is 1. The van der Waals surface area contributed by atoms with Crippen molar-refractivity contribution in [1.29, 1.82) is 0 Å². The van der Waals surface area contributed by atoms with Gasteiger partial charge in [-0.2, -0.15) is 0 Å². The fraction of sp³-hybridized carbons (Fsp3) is 0.632. The number of likely N-dealkylation sites (tertiary alicyclic amines) is 1. The summed E-state index contributed by atoms with van der Waals surface area (Å²) in [5.41, 5.74) is 0.396. The van der Waals surface area contributed by atoms with E-state index in [2.05, 4.69) is 17.0 Å². The van der Waals surface area contributed by atoms with E-state index >= 15 is 0 Å². The van der Waals surface area contributed by atoms with Crippen LogP contribution in [0.25, 0.3) is 0 Å². The lowest BCUT2D eigenvalue weighted by Crippen LogP contribution is -2.64. The van der Waals surface area contributed by atoms with Crippen LogP contribution in [0.15, 0.2) is 30.3 Å². The maximum Gasteiger partial charge on any atom is 0.410 e. The smallest absolute Gasteiger partial charge is 0.410 e. The molecular formula is C19H28N2O3. The van der Waals surface area contributed by atoms with Crippen LogP contribution in [-0.4, -0.2) is 57.9 Å². The Morgan fingerprint density at radius 1 is 1.33 bits per heavy atom. The highest BCUT2D eigenvalue weighted by Gasteiger charge is 2.52. The predicted molar refractivity (Wildman–Crippen MR) is 92.6 cm³/mol. The van der Waals surface area contributed by atoms with Gasteiger partial charge in [0.25, 0.3) is 0 Å². The van der Waals surface area contributed by atoms with Crippen LogP contribution in [0.4, 0.5) is 4.79 Å². The average molecular weight is 332 g/mol. The van der Waals surface area contributed by atoms with E-state index in [1.807, 2.05) is 39.0 Å². The van der Waals surface area contributed by atoms with Crippen molar-refractivity contribution < 1.29 is 14.6 Å². The molecular weight excluding hydrogens is 304 g/mol. The molecule has 2 saturated heterocycles. The topological polar surface area (TPSA) is 53.0 Å². The van der Waals surface area contributed by atoms with Gasteiger partial charge in [0.1, 0.15) is 5.60 Å². The Morgan fingerprint density at radius 3 is 2.67 bits per heavy atom. The monoisotopic (exact) mass is 332 g/mol. The number of rotatable bonds is 3. The second-order valence-electron chi connectivity index (χ2n) is 8.05. The van der Waals surface area contributed by atoms with Gasteiger partial charge in [-0.05, 0) is 39.2 Å². The van der Waals surface area contributed by atoms with Gasteiger partial charge in [-0.1, -0.05) is 30.3 Å². The number of aliphatic hydroxyl groups excluding tert-OH is 1. The molecule has 0 spiro atoms. The van der Waals surface area contributed by atoms with Gasteiger partial charge in [0, 0.05) is 25.7 Å². The van der Waals surface area contributed by atoms with Crippen molar-refractivity contribution in [2.24, 2.45) is 0 Å². The molecule has 2 aliphatic rings. The highest BCUT2D eigenvalue weighted by atomic mass is 16.6. The number of benzene rings is 1. The molecule has 2 atom stereocenters. The minimum atomic E-state index is -0.496. The lowest BCUT2D eigenvalue weighted by atomic mass is 9.95. The van der Waals surface area contributed by atoms with Crippen LogP contribution in [0.1, 0.15) is 39.2 Å². The number of hydrogen-bond donors (Lipinski definition) is 1. The predicted octanol–water partition coefficient (Wildman–Crippen LogP) is 2.63. The van der Waals surface area contributed by atoms with E-state index < -0.39 is 5.60 Å². The summed E-state index contributed by atoms with van der Waals surface area (Å²) in [4.78, 5) is 16.6. The van der Waals surface area contributed by atoms with Crippen LogP contribution in [-0.2, 0) is 11.3 Å². The van der Waals surface area contributed by atoms with Crippen molar-refractivity contribution in [1.82, 2.24) is 9.80 Å². The van der Waals surface area contributed by atoms with Gasteiger partial charge in [0.05, 0.1) is 12.1 Å². The lowest BCUT2D eigenvalue weighted by Gasteiger charge is -2.48. The molecule has 2 bridgehead atoms. The number of piperazine rings is 1. The van der Waals surface area contributed by atoms with Gasteiger partial charge in [0.15, 0.2) is 0 Å². The third kappa shape index (κ3) is 3.42. The van der Waals surface area contributed by atoms with Crippen molar-refractivity contribution in [2.75, 3.05) is 19.7 Å². The summed E-state index contributed by atoms with van der Waals surface area (Å²) in [7, 11) is 0. The van der Waals surface area contributed by atoms with Crippen molar-refractivity contribution in [3.8, 4) is 0 Å². The number of carbonyl (C=O) groups is 1. The molecule has 24 heavy (non-hydrogen) atoms. The highest BCUT2D eigenvalue weighted by Crippen LogP contribution is 2.40. The molecule has 1 N–H and O–H groups in total. The Balaban J connectivity index is 1.75. The molecule has 0 radical (unpaired) electrons. The van der Waals surface area contributed by atoms with Crippen LogP contribution >= 0.6 is 0 Å². The van der Waals surface area contributed by atoms with Gasteiger partial charge in [0.2, 0.25) is 0 Å². The Kier molecular flexibility index (Phi) is 4.58. The standard InChI is InChI=1S/C19H28N2O3/c1-18(2,3)24-17(23)20-12-16-9-10-19(13-20,14-22)21(16)11-15-7-5-4-6-8-15/h4-8,16,22H,9-14H2,1-3H3. The zero-order valence-electron chi connectivity index (χ0n) is 14.9. The van der Waals surface area contributed by atoms with Crippen LogP contribution < -0.4 is 0 Å². The molecule has 2 fully saturated rings.